The topological polar surface area (TPSA) is 66.5 Å². The van der Waals surface area contributed by atoms with E-state index in [-0.39, 0.29) is 5.91 Å². The van der Waals surface area contributed by atoms with Gasteiger partial charge < -0.3 is 20.3 Å². The Labute approximate surface area is 169 Å². The van der Waals surface area contributed by atoms with Crippen LogP contribution < -0.4 is 15.5 Å². The molecule has 1 aromatic heterocycles. The molecule has 1 saturated carbocycles. The minimum Gasteiger partial charge on any atom is -0.378 e. The first kappa shape index (κ1) is 17.9. The molecule has 2 heterocycles. The van der Waals surface area contributed by atoms with Crippen molar-refractivity contribution in [1.82, 2.24) is 10.3 Å². The Balaban J connectivity index is 1.40. The number of carbonyl (C=O) groups is 1. The van der Waals surface area contributed by atoms with Gasteiger partial charge in [0, 0.05) is 35.9 Å². The van der Waals surface area contributed by atoms with Crippen LogP contribution in [0.3, 0.4) is 0 Å². The summed E-state index contributed by atoms with van der Waals surface area (Å²) in [6.45, 7) is 3.37. The number of rotatable bonds is 5. The van der Waals surface area contributed by atoms with Crippen molar-refractivity contribution in [1.29, 1.82) is 0 Å². The maximum Gasteiger partial charge on any atom is 0.252 e. The van der Waals surface area contributed by atoms with Gasteiger partial charge in [0.2, 0.25) is 0 Å². The second kappa shape index (κ2) is 7.72. The molecule has 2 aromatic carbocycles. The van der Waals surface area contributed by atoms with Crippen molar-refractivity contribution < 1.29 is 9.53 Å². The highest BCUT2D eigenvalue weighted by atomic mass is 16.5. The maximum atomic E-state index is 12.8. The number of benzene rings is 2. The first-order valence-electron chi connectivity index (χ1n) is 10.2. The van der Waals surface area contributed by atoms with Crippen molar-refractivity contribution in [3.63, 3.8) is 0 Å². The lowest BCUT2D eigenvalue weighted by Gasteiger charge is -2.28. The summed E-state index contributed by atoms with van der Waals surface area (Å²) in [5.41, 5.74) is 3.60. The van der Waals surface area contributed by atoms with Crippen LogP contribution in [0.15, 0.2) is 54.6 Å². The molecule has 1 aliphatic carbocycles. The number of pyridine rings is 1. The Kier molecular flexibility index (Phi) is 4.77. The largest absolute Gasteiger partial charge is 0.378 e. The van der Waals surface area contributed by atoms with Gasteiger partial charge >= 0.3 is 0 Å². The van der Waals surface area contributed by atoms with Gasteiger partial charge in [0.05, 0.1) is 24.3 Å². The smallest absolute Gasteiger partial charge is 0.252 e. The van der Waals surface area contributed by atoms with Gasteiger partial charge in [-0.25, -0.2) is 4.98 Å². The minimum absolute atomic E-state index is 0.0307. The Morgan fingerprint density at radius 1 is 1.03 bits per heavy atom. The number of para-hydroxylation sites is 1. The van der Waals surface area contributed by atoms with Crippen LogP contribution in [0.2, 0.25) is 0 Å². The molecule has 2 N–H and O–H groups in total. The van der Waals surface area contributed by atoms with E-state index in [2.05, 4.69) is 27.7 Å². The Morgan fingerprint density at radius 3 is 2.55 bits per heavy atom. The zero-order chi connectivity index (χ0) is 19.6. The Bertz CT molecular complexity index is 1020. The number of nitrogens with zero attached hydrogens (tertiary/aromatic N) is 2. The number of carbonyl (C=O) groups excluding carboxylic acids is 1. The fraction of sp³-hybridized carbons (Fsp3) is 0.304. The lowest BCUT2D eigenvalue weighted by Crippen LogP contribution is -2.36. The van der Waals surface area contributed by atoms with E-state index in [0.717, 1.165) is 55.7 Å². The van der Waals surface area contributed by atoms with Crippen molar-refractivity contribution >= 4 is 34.0 Å². The quantitative estimate of drug-likeness (QED) is 0.698. The average molecular weight is 388 g/mol. The molecule has 148 valence electrons. The molecule has 0 bridgehead atoms. The van der Waals surface area contributed by atoms with Gasteiger partial charge in [0.25, 0.3) is 5.91 Å². The van der Waals surface area contributed by atoms with E-state index < -0.39 is 0 Å². The van der Waals surface area contributed by atoms with Crippen LogP contribution in [0.4, 0.5) is 17.2 Å². The number of hydrogen-bond donors (Lipinski definition) is 2. The summed E-state index contributed by atoms with van der Waals surface area (Å²) in [6, 6.07) is 18.2. The van der Waals surface area contributed by atoms with E-state index in [9.17, 15) is 4.79 Å². The summed E-state index contributed by atoms with van der Waals surface area (Å²) >= 11 is 0. The van der Waals surface area contributed by atoms with Crippen LogP contribution in [-0.2, 0) is 4.74 Å². The predicted octanol–water partition coefficient (Wildman–Crippen LogP) is 3.71. The van der Waals surface area contributed by atoms with Crippen LogP contribution in [0.5, 0.6) is 0 Å². The summed E-state index contributed by atoms with van der Waals surface area (Å²) in [6.07, 6.45) is 2.13. The second-order valence-corrected chi connectivity index (χ2v) is 7.59. The molecule has 6 nitrogen and oxygen atoms in total. The third kappa shape index (κ3) is 4.03. The van der Waals surface area contributed by atoms with Crippen LogP contribution in [0, 0.1) is 0 Å². The number of morpholine rings is 1. The highest BCUT2D eigenvalue weighted by Crippen LogP contribution is 2.26. The lowest BCUT2D eigenvalue weighted by molar-refractivity contribution is 0.0952. The van der Waals surface area contributed by atoms with E-state index >= 15 is 0 Å². The molecule has 0 spiro atoms. The molecule has 1 aliphatic heterocycles. The SMILES string of the molecule is O=C(NC1CC1)c1cc(Nc2ccc(N3CCOCC3)cc2)nc2ccccc12. The number of fused-ring (bicyclic) bond motifs is 1. The normalized spacial score (nSPS) is 16.6. The molecule has 0 radical (unpaired) electrons. The van der Waals surface area contributed by atoms with Gasteiger partial charge in [-0.1, -0.05) is 18.2 Å². The fourth-order valence-corrected chi connectivity index (χ4v) is 3.64. The fourth-order valence-electron chi connectivity index (χ4n) is 3.64. The first-order chi connectivity index (χ1) is 14.3. The zero-order valence-corrected chi connectivity index (χ0v) is 16.2. The van der Waals surface area contributed by atoms with Crippen LogP contribution >= 0.6 is 0 Å². The molecule has 5 rings (SSSR count). The summed E-state index contributed by atoms with van der Waals surface area (Å²) in [7, 11) is 0. The molecular formula is C23H24N4O2. The van der Waals surface area contributed by atoms with E-state index in [0.29, 0.717) is 17.4 Å². The standard InChI is InChI=1S/C23H24N4O2/c28-23(25-17-5-6-17)20-15-22(26-21-4-2-1-3-19(20)21)24-16-7-9-18(10-8-16)27-11-13-29-14-12-27/h1-4,7-10,15,17H,5-6,11-14H2,(H,24,26)(H,25,28). The number of aromatic nitrogens is 1. The zero-order valence-electron chi connectivity index (χ0n) is 16.2. The third-order valence-corrected chi connectivity index (χ3v) is 5.39. The van der Waals surface area contributed by atoms with Crippen LogP contribution in [0.1, 0.15) is 23.2 Å². The van der Waals surface area contributed by atoms with Crippen LogP contribution in [0.25, 0.3) is 10.9 Å². The molecule has 3 aromatic rings. The number of nitrogens with one attached hydrogen (secondary N) is 2. The number of ether oxygens (including phenoxy) is 1. The highest BCUT2D eigenvalue weighted by Gasteiger charge is 2.25. The van der Waals surface area contributed by atoms with Crippen molar-refractivity contribution in [3.05, 3.63) is 60.2 Å². The molecule has 2 fully saturated rings. The minimum atomic E-state index is -0.0307. The number of amides is 1. The van der Waals surface area contributed by atoms with Crippen molar-refractivity contribution in [2.24, 2.45) is 0 Å². The number of anilines is 3. The summed E-state index contributed by atoms with van der Waals surface area (Å²) < 4.78 is 5.42. The van der Waals surface area contributed by atoms with Gasteiger partial charge in [-0.2, -0.15) is 0 Å². The average Bonchev–Trinajstić information content (AvgIpc) is 3.58. The highest BCUT2D eigenvalue weighted by molar-refractivity contribution is 6.07. The Morgan fingerprint density at radius 2 is 1.79 bits per heavy atom. The lowest BCUT2D eigenvalue weighted by atomic mass is 10.1. The maximum absolute atomic E-state index is 12.8. The Hall–Kier alpha value is -3.12. The molecule has 6 heteroatoms. The van der Waals surface area contributed by atoms with Crippen molar-refractivity contribution in [2.75, 3.05) is 36.5 Å². The number of hydrogen-bond acceptors (Lipinski definition) is 5. The van der Waals surface area contributed by atoms with Gasteiger partial charge in [-0.05, 0) is 49.2 Å². The van der Waals surface area contributed by atoms with E-state index in [1.54, 1.807) is 0 Å². The van der Waals surface area contributed by atoms with E-state index in [1.807, 2.05) is 42.5 Å². The summed E-state index contributed by atoms with van der Waals surface area (Å²) in [5.74, 6) is 0.639. The third-order valence-electron chi connectivity index (χ3n) is 5.39. The van der Waals surface area contributed by atoms with Crippen molar-refractivity contribution in [2.45, 2.75) is 18.9 Å². The molecular weight excluding hydrogens is 364 g/mol. The van der Waals surface area contributed by atoms with Crippen molar-refractivity contribution in [3.8, 4) is 0 Å². The molecule has 0 unspecified atom stereocenters. The molecule has 1 saturated heterocycles. The van der Waals surface area contributed by atoms with Gasteiger partial charge in [0.1, 0.15) is 5.82 Å². The monoisotopic (exact) mass is 388 g/mol. The van der Waals surface area contributed by atoms with Gasteiger partial charge in [-0.3, -0.25) is 4.79 Å². The molecule has 29 heavy (non-hydrogen) atoms. The van der Waals surface area contributed by atoms with E-state index in [1.165, 1.54) is 5.69 Å². The van der Waals surface area contributed by atoms with Gasteiger partial charge in [0.15, 0.2) is 0 Å². The first-order valence-corrected chi connectivity index (χ1v) is 10.2. The van der Waals surface area contributed by atoms with Gasteiger partial charge in [-0.15, -0.1) is 0 Å². The molecule has 1 amide bonds. The molecule has 2 aliphatic rings. The summed E-state index contributed by atoms with van der Waals surface area (Å²) in [4.78, 5) is 19.8. The second-order valence-electron chi connectivity index (χ2n) is 7.59. The molecule has 0 atom stereocenters. The summed E-state index contributed by atoms with van der Waals surface area (Å²) in [5, 5.41) is 7.32. The van der Waals surface area contributed by atoms with Crippen LogP contribution in [-0.4, -0.2) is 43.2 Å². The predicted molar refractivity (Wildman–Crippen MR) is 115 cm³/mol. The van der Waals surface area contributed by atoms with E-state index in [4.69, 9.17) is 9.72 Å².